The van der Waals surface area contributed by atoms with Crippen molar-refractivity contribution in [2.24, 2.45) is 0 Å². The first-order chi connectivity index (χ1) is 9.97. The predicted octanol–water partition coefficient (Wildman–Crippen LogP) is 1.59. The lowest BCUT2D eigenvalue weighted by Gasteiger charge is -2.09. The summed E-state index contributed by atoms with van der Waals surface area (Å²) in [6, 6.07) is 4.12. The number of benzene rings is 1. The smallest absolute Gasteiger partial charge is 0.303 e. The summed E-state index contributed by atoms with van der Waals surface area (Å²) in [5.74, 6) is -1.40. The van der Waals surface area contributed by atoms with Gasteiger partial charge >= 0.3 is 5.97 Å². The maximum Gasteiger partial charge on any atom is 0.303 e. The number of rotatable bonds is 8. The van der Waals surface area contributed by atoms with Gasteiger partial charge in [-0.05, 0) is 18.9 Å². The van der Waals surface area contributed by atoms with Crippen LogP contribution in [0.1, 0.15) is 29.6 Å². The largest absolute Gasteiger partial charge is 0.496 e. The lowest BCUT2D eigenvalue weighted by molar-refractivity contribution is -0.385. The number of nitrogens with zero attached hydrogens (tertiary/aromatic N) is 1. The number of carboxylic acid groups (broad SMARTS) is 1. The van der Waals surface area contributed by atoms with Crippen LogP contribution in [0.25, 0.3) is 0 Å². The number of nitrogens with one attached hydrogen (secondary N) is 1. The van der Waals surface area contributed by atoms with Crippen molar-refractivity contribution < 1.29 is 24.4 Å². The van der Waals surface area contributed by atoms with Gasteiger partial charge in [0.25, 0.3) is 11.6 Å². The summed E-state index contributed by atoms with van der Waals surface area (Å²) in [6.07, 6.45) is 0.912. The first-order valence-corrected chi connectivity index (χ1v) is 6.28. The van der Waals surface area contributed by atoms with E-state index >= 15 is 0 Å². The van der Waals surface area contributed by atoms with Crippen molar-refractivity contribution in [3.8, 4) is 5.75 Å². The third-order valence-electron chi connectivity index (χ3n) is 2.75. The number of ether oxygens (including phenoxy) is 1. The van der Waals surface area contributed by atoms with Gasteiger partial charge in [0.15, 0.2) is 5.56 Å². The number of methoxy groups -OCH3 is 1. The highest BCUT2D eigenvalue weighted by Crippen LogP contribution is 2.27. The van der Waals surface area contributed by atoms with Crippen molar-refractivity contribution in [3.63, 3.8) is 0 Å². The molecule has 0 atom stereocenters. The Balaban J connectivity index is 2.73. The van der Waals surface area contributed by atoms with Crippen LogP contribution in [0, 0.1) is 10.1 Å². The fourth-order valence-corrected chi connectivity index (χ4v) is 1.76. The van der Waals surface area contributed by atoms with Gasteiger partial charge in [-0.15, -0.1) is 0 Å². The van der Waals surface area contributed by atoms with E-state index in [-0.39, 0.29) is 30.0 Å². The second-order valence-electron chi connectivity index (χ2n) is 4.22. The molecule has 0 aromatic heterocycles. The zero-order valence-electron chi connectivity index (χ0n) is 11.5. The Labute approximate surface area is 120 Å². The number of aliphatic carboxylic acids is 1. The van der Waals surface area contributed by atoms with E-state index in [1.54, 1.807) is 0 Å². The zero-order chi connectivity index (χ0) is 15.8. The Morgan fingerprint density at radius 3 is 2.67 bits per heavy atom. The minimum absolute atomic E-state index is 0.0185. The van der Waals surface area contributed by atoms with Crippen LogP contribution in [0.15, 0.2) is 18.2 Å². The van der Waals surface area contributed by atoms with Gasteiger partial charge in [0.05, 0.1) is 12.0 Å². The molecule has 1 amide bonds. The molecule has 21 heavy (non-hydrogen) atoms. The molecule has 8 nitrogen and oxygen atoms in total. The molecule has 114 valence electrons. The van der Waals surface area contributed by atoms with Gasteiger partial charge in [-0.1, -0.05) is 6.07 Å². The zero-order valence-corrected chi connectivity index (χ0v) is 11.5. The second kappa shape index (κ2) is 7.83. The molecule has 0 saturated carbocycles. The predicted molar refractivity (Wildman–Crippen MR) is 73.5 cm³/mol. The number of unbranched alkanes of at least 4 members (excludes halogenated alkanes) is 1. The minimum Gasteiger partial charge on any atom is -0.496 e. The molecule has 1 aromatic carbocycles. The average Bonchev–Trinajstić information content (AvgIpc) is 2.45. The molecule has 0 aliphatic rings. The third kappa shape index (κ3) is 4.75. The highest BCUT2D eigenvalue weighted by Gasteiger charge is 2.24. The number of hydrogen-bond acceptors (Lipinski definition) is 5. The Bertz CT molecular complexity index is 543. The highest BCUT2D eigenvalue weighted by atomic mass is 16.6. The van der Waals surface area contributed by atoms with E-state index in [1.807, 2.05) is 0 Å². The van der Waals surface area contributed by atoms with Gasteiger partial charge in [-0.25, -0.2) is 0 Å². The van der Waals surface area contributed by atoms with Crippen molar-refractivity contribution in [2.45, 2.75) is 19.3 Å². The number of carbonyl (C=O) groups is 2. The molecular formula is C13H16N2O6. The molecule has 1 aromatic rings. The Hall–Kier alpha value is -2.64. The lowest BCUT2D eigenvalue weighted by Crippen LogP contribution is -2.26. The van der Waals surface area contributed by atoms with Gasteiger partial charge in [-0.3, -0.25) is 19.7 Å². The van der Waals surface area contributed by atoms with E-state index in [1.165, 1.54) is 25.3 Å². The molecule has 0 unspecified atom stereocenters. The molecule has 8 heteroatoms. The summed E-state index contributed by atoms with van der Waals surface area (Å²) < 4.78 is 4.97. The van der Waals surface area contributed by atoms with E-state index in [2.05, 4.69) is 5.32 Å². The normalized spacial score (nSPS) is 9.95. The monoisotopic (exact) mass is 296 g/mol. The topological polar surface area (TPSA) is 119 Å². The molecule has 1 rings (SSSR count). The van der Waals surface area contributed by atoms with Gasteiger partial charge in [0.2, 0.25) is 0 Å². The fraction of sp³-hybridized carbons (Fsp3) is 0.385. The second-order valence-corrected chi connectivity index (χ2v) is 4.22. The van der Waals surface area contributed by atoms with Crippen LogP contribution >= 0.6 is 0 Å². The summed E-state index contributed by atoms with van der Waals surface area (Å²) in [6.45, 7) is 0.237. The van der Waals surface area contributed by atoms with E-state index in [9.17, 15) is 19.7 Å². The van der Waals surface area contributed by atoms with Crippen molar-refractivity contribution in [2.75, 3.05) is 13.7 Å². The van der Waals surface area contributed by atoms with Crippen LogP contribution in [0.3, 0.4) is 0 Å². The molecule has 0 bridgehead atoms. The van der Waals surface area contributed by atoms with Crippen LogP contribution in [0.2, 0.25) is 0 Å². The summed E-state index contributed by atoms with van der Waals surface area (Å²) >= 11 is 0. The summed E-state index contributed by atoms with van der Waals surface area (Å²) in [4.78, 5) is 32.7. The first kappa shape index (κ1) is 16.4. The molecule has 0 radical (unpaired) electrons. The SMILES string of the molecule is COc1cccc([N+](=O)[O-])c1C(=O)NCCCCC(=O)O. The van der Waals surface area contributed by atoms with Crippen LogP contribution < -0.4 is 10.1 Å². The van der Waals surface area contributed by atoms with E-state index in [0.717, 1.165) is 0 Å². The van der Waals surface area contributed by atoms with Crippen LogP contribution in [-0.2, 0) is 4.79 Å². The van der Waals surface area contributed by atoms with Gasteiger partial charge in [0, 0.05) is 19.0 Å². The number of carboxylic acids is 1. The lowest BCUT2D eigenvalue weighted by atomic mass is 10.1. The van der Waals surface area contributed by atoms with Crippen LogP contribution in [0.5, 0.6) is 5.75 Å². The van der Waals surface area contributed by atoms with Crippen molar-refractivity contribution in [1.82, 2.24) is 5.32 Å². The Morgan fingerprint density at radius 2 is 2.10 bits per heavy atom. The van der Waals surface area contributed by atoms with Gasteiger partial charge < -0.3 is 15.2 Å². The number of hydrogen-bond donors (Lipinski definition) is 2. The molecular weight excluding hydrogens is 280 g/mol. The number of nitro groups is 1. The van der Waals surface area contributed by atoms with Crippen LogP contribution in [0.4, 0.5) is 5.69 Å². The van der Waals surface area contributed by atoms with Gasteiger partial charge in [-0.2, -0.15) is 0 Å². The fourth-order valence-electron chi connectivity index (χ4n) is 1.76. The van der Waals surface area contributed by atoms with E-state index in [0.29, 0.717) is 12.8 Å². The first-order valence-electron chi connectivity index (χ1n) is 6.28. The standard InChI is InChI=1S/C13H16N2O6/c1-21-10-6-4-5-9(15(19)20)12(10)13(18)14-8-3-2-7-11(16)17/h4-6H,2-3,7-8H2,1H3,(H,14,18)(H,16,17). The Kier molecular flexibility index (Phi) is 6.12. The maximum atomic E-state index is 12.0. The maximum absolute atomic E-state index is 12.0. The van der Waals surface area contributed by atoms with E-state index < -0.39 is 16.8 Å². The number of carbonyl (C=O) groups excluding carboxylic acids is 1. The molecule has 0 saturated heterocycles. The van der Waals surface area contributed by atoms with E-state index in [4.69, 9.17) is 9.84 Å². The third-order valence-corrected chi connectivity index (χ3v) is 2.75. The van der Waals surface area contributed by atoms with Gasteiger partial charge in [0.1, 0.15) is 5.75 Å². The Morgan fingerprint density at radius 1 is 1.38 bits per heavy atom. The highest BCUT2D eigenvalue weighted by molar-refractivity contribution is 6.00. The molecule has 0 spiro atoms. The minimum atomic E-state index is -0.901. The quantitative estimate of drug-likeness (QED) is 0.427. The molecule has 2 N–H and O–H groups in total. The number of nitro benzene ring substituents is 1. The summed E-state index contributed by atoms with van der Waals surface area (Å²) in [7, 11) is 1.32. The molecule has 0 heterocycles. The van der Waals surface area contributed by atoms with Crippen molar-refractivity contribution >= 4 is 17.6 Å². The molecule has 0 fully saturated rings. The molecule has 0 aliphatic heterocycles. The summed E-state index contributed by atoms with van der Waals surface area (Å²) in [5, 5.41) is 22.0. The summed E-state index contributed by atoms with van der Waals surface area (Å²) in [5.41, 5.74) is -0.472. The van der Waals surface area contributed by atoms with Crippen LogP contribution in [-0.4, -0.2) is 35.6 Å². The van der Waals surface area contributed by atoms with Crippen molar-refractivity contribution in [1.29, 1.82) is 0 Å². The average molecular weight is 296 g/mol. The van der Waals surface area contributed by atoms with Crippen molar-refractivity contribution in [3.05, 3.63) is 33.9 Å². The number of amides is 1. The molecule has 0 aliphatic carbocycles.